The van der Waals surface area contributed by atoms with Gasteiger partial charge in [0.1, 0.15) is 0 Å². The van der Waals surface area contributed by atoms with Gasteiger partial charge in [-0.25, -0.2) is 0 Å². The second-order valence-electron chi connectivity index (χ2n) is 4.64. The van der Waals surface area contributed by atoms with Crippen LogP contribution in [0.15, 0.2) is 0 Å². The van der Waals surface area contributed by atoms with E-state index in [1.165, 1.54) is 0 Å². The highest BCUT2D eigenvalue weighted by Gasteiger charge is 2.17. The molecule has 0 unspecified atom stereocenters. The van der Waals surface area contributed by atoms with Gasteiger partial charge in [0.15, 0.2) is 0 Å². The van der Waals surface area contributed by atoms with Crippen LogP contribution in [0.4, 0.5) is 0 Å². The maximum atomic E-state index is 12.2. The molecule has 0 aliphatic heterocycles. The molecule has 1 amide bonds. The first-order valence-electron chi connectivity index (χ1n) is 7.09. The second-order valence-corrected chi connectivity index (χ2v) is 4.64. The molecule has 0 spiro atoms. The number of carbonyl (C=O) groups excluding carboxylic acids is 1. The lowest BCUT2D eigenvalue weighted by Crippen LogP contribution is -2.35. The Morgan fingerprint density at radius 2 is 1.89 bits per heavy atom. The number of nitrogens with zero attached hydrogens (tertiary/aromatic N) is 3. The number of rotatable bonds is 7. The molecular weight excluding hydrogens is 240 g/mol. The van der Waals surface area contributed by atoms with Gasteiger partial charge in [-0.1, -0.05) is 13.8 Å². The Labute approximate surface area is 116 Å². The molecule has 0 saturated heterocycles. The topological polar surface area (TPSA) is 50.2 Å². The fourth-order valence-corrected chi connectivity index (χ4v) is 2.29. The van der Waals surface area contributed by atoms with Crippen LogP contribution in [0.3, 0.4) is 0 Å². The largest absolute Gasteiger partial charge is 0.351 e. The van der Waals surface area contributed by atoms with Gasteiger partial charge >= 0.3 is 0 Å². The standard InChI is InChI=1S/C14H26N4O/c1-6-17(7-2)10-9-15-14(19)13-11(4)16-18(8-3)12(13)5/h6-10H2,1-5H3,(H,15,19). The molecule has 1 N–H and O–H groups in total. The van der Waals surface area contributed by atoms with Crippen molar-refractivity contribution in [3.63, 3.8) is 0 Å². The molecule has 0 fully saturated rings. The normalized spacial score (nSPS) is 11.1. The van der Waals surface area contributed by atoms with Crippen LogP contribution in [-0.4, -0.2) is 46.8 Å². The molecule has 0 atom stereocenters. The average molecular weight is 266 g/mol. The summed E-state index contributed by atoms with van der Waals surface area (Å²) in [6.45, 7) is 14.5. The molecule has 1 aromatic rings. The van der Waals surface area contributed by atoms with Crippen molar-refractivity contribution in [3.05, 3.63) is 17.0 Å². The van der Waals surface area contributed by atoms with Gasteiger partial charge in [0.2, 0.25) is 0 Å². The molecule has 0 aromatic carbocycles. The summed E-state index contributed by atoms with van der Waals surface area (Å²) in [6, 6.07) is 0. The summed E-state index contributed by atoms with van der Waals surface area (Å²) in [5, 5.41) is 7.35. The molecule has 0 saturated carbocycles. The van der Waals surface area contributed by atoms with Crippen molar-refractivity contribution in [2.45, 2.75) is 41.2 Å². The Morgan fingerprint density at radius 1 is 1.26 bits per heavy atom. The Bertz CT molecular complexity index is 421. The molecule has 1 heterocycles. The zero-order chi connectivity index (χ0) is 14.4. The summed E-state index contributed by atoms with van der Waals surface area (Å²) in [4.78, 5) is 14.5. The van der Waals surface area contributed by atoms with Crippen molar-refractivity contribution in [1.82, 2.24) is 20.0 Å². The molecular formula is C14H26N4O. The van der Waals surface area contributed by atoms with Gasteiger partial charge < -0.3 is 10.2 Å². The van der Waals surface area contributed by atoms with E-state index in [-0.39, 0.29) is 5.91 Å². The third kappa shape index (κ3) is 3.80. The number of hydrogen-bond donors (Lipinski definition) is 1. The van der Waals surface area contributed by atoms with Gasteiger partial charge in [-0.3, -0.25) is 9.48 Å². The van der Waals surface area contributed by atoms with Gasteiger partial charge in [0.25, 0.3) is 5.91 Å². The molecule has 0 radical (unpaired) electrons. The van der Waals surface area contributed by atoms with Gasteiger partial charge in [-0.05, 0) is 33.9 Å². The quantitative estimate of drug-likeness (QED) is 0.815. The van der Waals surface area contributed by atoms with Gasteiger partial charge in [-0.2, -0.15) is 5.10 Å². The van der Waals surface area contributed by atoms with Crippen LogP contribution in [-0.2, 0) is 6.54 Å². The van der Waals surface area contributed by atoms with Crippen LogP contribution in [0, 0.1) is 13.8 Å². The summed E-state index contributed by atoms with van der Waals surface area (Å²) >= 11 is 0. The van der Waals surface area contributed by atoms with E-state index in [1.807, 2.05) is 25.5 Å². The fraction of sp³-hybridized carbons (Fsp3) is 0.714. The summed E-state index contributed by atoms with van der Waals surface area (Å²) in [6.07, 6.45) is 0. The number of aryl methyl sites for hydroxylation is 2. The molecule has 108 valence electrons. The Morgan fingerprint density at radius 3 is 2.37 bits per heavy atom. The number of hydrogen-bond acceptors (Lipinski definition) is 3. The van der Waals surface area contributed by atoms with E-state index in [4.69, 9.17) is 0 Å². The predicted octanol–water partition coefficient (Wildman–Crippen LogP) is 1.59. The minimum Gasteiger partial charge on any atom is -0.351 e. The van der Waals surface area contributed by atoms with Crippen LogP contribution in [0.1, 0.15) is 42.5 Å². The molecule has 19 heavy (non-hydrogen) atoms. The average Bonchev–Trinajstić information content (AvgIpc) is 2.69. The first-order valence-corrected chi connectivity index (χ1v) is 7.09. The van der Waals surface area contributed by atoms with E-state index in [2.05, 4.69) is 29.2 Å². The highest BCUT2D eigenvalue weighted by atomic mass is 16.1. The minimum absolute atomic E-state index is 0.0122. The van der Waals surface area contributed by atoms with Crippen LogP contribution in [0.2, 0.25) is 0 Å². The zero-order valence-electron chi connectivity index (χ0n) is 12.8. The molecule has 0 aliphatic rings. The number of likely N-dealkylation sites (N-methyl/N-ethyl adjacent to an activating group) is 1. The maximum absolute atomic E-state index is 12.2. The molecule has 1 aromatic heterocycles. The lowest BCUT2D eigenvalue weighted by atomic mass is 10.2. The third-order valence-corrected chi connectivity index (χ3v) is 3.52. The Balaban J connectivity index is 2.61. The van der Waals surface area contributed by atoms with Crippen molar-refractivity contribution in [3.8, 4) is 0 Å². The zero-order valence-corrected chi connectivity index (χ0v) is 12.8. The first kappa shape index (κ1) is 15.7. The molecule has 1 rings (SSSR count). The lowest BCUT2D eigenvalue weighted by Gasteiger charge is -2.17. The van der Waals surface area contributed by atoms with Gasteiger partial charge in [0, 0.05) is 25.3 Å². The Hall–Kier alpha value is -1.36. The van der Waals surface area contributed by atoms with Crippen LogP contribution >= 0.6 is 0 Å². The highest BCUT2D eigenvalue weighted by Crippen LogP contribution is 2.12. The van der Waals surface area contributed by atoms with Gasteiger partial charge in [-0.15, -0.1) is 0 Å². The molecule has 5 heteroatoms. The van der Waals surface area contributed by atoms with E-state index < -0.39 is 0 Å². The molecule has 0 aliphatic carbocycles. The van der Waals surface area contributed by atoms with E-state index in [0.29, 0.717) is 6.54 Å². The van der Waals surface area contributed by atoms with E-state index in [9.17, 15) is 4.79 Å². The van der Waals surface area contributed by atoms with E-state index in [1.54, 1.807) is 0 Å². The fourth-order valence-electron chi connectivity index (χ4n) is 2.29. The monoisotopic (exact) mass is 266 g/mol. The van der Waals surface area contributed by atoms with Gasteiger partial charge in [0.05, 0.1) is 11.3 Å². The summed E-state index contributed by atoms with van der Waals surface area (Å²) in [7, 11) is 0. The van der Waals surface area contributed by atoms with Crippen LogP contribution in [0.25, 0.3) is 0 Å². The first-order chi connectivity index (χ1) is 9.04. The van der Waals surface area contributed by atoms with Crippen LogP contribution in [0.5, 0.6) is 0 Å². The van der Waals surface area contributed by atoms with Crippen LogP contribution < -0.4 is 5.32 Å². The van der Waals surface area contributed by atoms with Crippen molar-refractivity contribution >= 4 is 5.91 Å². The number of aromatic nitrogens is 2. The predicted molar refractivity (Wildman–Crippen MR) is 77.5 cm³/mol. The molecule has 5 nitrogen and oxygen atoms in total. The SMILES string of the molecule is CCN(CC)CCNC(=O)c1c(C)nn(CC)c1C. The summed E-state index contributed by atoms with van der Waals surface area (Å²) < 4.78 is 1.87. The molecule has 0 bridgehead atoms. The lowest BCUT2D eigenvalue weighted by molar-refractivity contribution is 0.0947. The van der Waals surface area contributed by atoms with E-state index in [0.717, 1.165) is 43.1 Å². The number of nitrogens with one attached hydrogen (secondary N) is 1. The third-order valence-electron chi connectivity index (χ3n) is 3.52. The van der Waals surface area contributed by atoms with E-state index >= 15 is 0 Å². The van der Waals surface area contributed by atoms with Crippen molar-refractivity contribution in [2.75, 3.05) is 26.2 Å². The second kappa shape index (κ2) is 7.28. The number of amides is 1. The van der Waals surface area contributed by atoms with Crippen molar-refractivity contribution < 1.29 is 4.79 Å². The van der Waals surface area contributed by atoms with Crippen molar-refractivity contribution in [1.29, 1.82) is 0 Å². The Kier molecular flexibility index (Phi) is 6.02. The summed E-state index contributed by atoms with van der Waals surface area (Å²) in [5.74, 6) is -0.0122. The maximum Gasteiger partial charge on any atom is 0.255 e. The smallest absolute Gasteiger partial charge is 0.255 e. The number of carbonyl (C=O) groups is 1. The summed E-state index contributed by atoms with van der Waals surface area (Å²) in [5.41, 5.74) is 2.47. The highest BCUT2D eigenvalue weighted by molar-refractivity contribution is 5.96. The van der Waals surface area contributed by atoms with Crippen molar-refractivity contribution in [2.24, 2.45) is 0 Å². The minimum atomic E-state index is -0.0122.